The lowest BCUT2D eigenvalue weighted by Crippen LogP contribution is -2.68. The predicted molar refractivity (Wildman–Crippen MR) is 122 cm³/mol. The number of nitrogens with one attached hydrogen (secondary N) is 2. The maximum Gasteiger partial charge on any atom is 0.235 e. The van der Waals surface area contributed by atoms with Crippen LogP contribution in [0.1, 0.15) is 42.6 Å². The van der Waals surface area contributed by atoms with Crippen molar-refractivity contribution in [3.63, 3.8) is 0 Å². The number of phenols is 1. The maximum absolute atomic E-state index is 13.6. The second-order valence-electron chi connectivity index (χ2n) is 9.37. The zero-order valence-corrected chi connectivity index (χ0v) is 19.9. The number of nitrogens with two attached hydrogens (primary N) is 1. The van der Waals surface area contributed by atoms with E-state index in [9.17, 15) is 43.8 Å². The average molecular weight is 520 g/mol. The standard InChI is InChI=1S/C23H22ClN3O9/c1-6(28)26-16-10-4-8-3-9-5-11(30)14(22(25)35)21(34)23(9,36)20(33)12(8)18(31)13(10)19(32)17(15(16)24)27-7(2)29/h8-9,12,14,32,36H,3-5H2,1-2H3,(H2,25,35)(H,26,28)(H,27,29)/t8-,9+,12?,14?,23+/m1/s1. The van der Waals surface area contributed by atoms with E-state index in [0.717, 1.165) is 6.92 Å². The molecular weight excluding hydrogens is 498 g/mol. The summed E-state index contributed by atoms with van der Waals surface area (Å²) in [6.45, 7) is 2.30. The first-order valence-electron chi connectivity index (χ1n) is 11.0. The summed E-state index contributed by atoms with van der Waals surface area (Å²) >= 11 is 6.37. The number of carbonyl (C=O) groups is 7. The third-order valence-electron chi connectivity index (χ3n) is 7.11. The van der Waals surface area contributed by atoms with Crippen molar-refractivity contribution in [1.29, 1.82) is 0 Å². The van der Waals surface area contributed by atoms with E-state index in [1.807, 2.05) is 0 Å². The van der Waals surface area contributed by atoms with Crippen molar-refractivity contribution >= 4 is 63.8 Å². The number of anilines is 2. The highest BCUT2D eigenvalue weighted by Crippen LogP contribution is 2.53. The molecule has 3 aliphatic rings. The molecule has 0 radical (unpaired) electrons. The van der Waals surface area contributed by atoms with E-state index < -0.39 is 87.9 Å². The summed E-state index contributed by atoms with van der Waals surface area (Å²) in [5, 5.41) is 26.6. The Bertz CT molecular complexity index is 1310. The summed E-state index contributed by atoms with van der Waals surface area (Å²) in [6, 6.07) is 0. The van der Waals surface area contributed by atoms with Crippen LogP contribution in [0.25, 0.3) is 0 Å². The van der Waals surface area contributed by atoms with Crippen LogP contribution in [0.15, 0.2) is 0 Å². The van der Waals surface area contributed by atoms with Crippen LogP contribution in [0.3, 0.4) is 0 Å². The van der Waals surface area contributed by atoms with Crippen LogP contribution in [-0.4, -0.2) is 56.7 Å². The van der Waals surface area contributed by atoms with Gasteiger partial charge in [0.05, 0.1) is 22.2 Å². The number of halogens is 1. The molecule has 0 aliphatic heterocycles. The number of phenolic OH excluding ortho intramolecular Hbond substituents is 1. The van der Waals surface area contributed by atoms with Crippen molar-refractivity contribution in [2.75, 3.05) is 10.6 Å². The van der Waals surface area contributed by atoms with Crippen LogP contribution in [0.4, 0.5) is 11.4 Å². The van der Waals surface area contributed by atoms with E-state index in [1.165, 1.54) is 6.92 Å². The van der Waals surface area contributed by atoms with Gasteiger partial charge in [-0.3, -0.25) is 33.6 Å². The lowest BCUT2D eigenvalue weighted by atomic mass is 9.53. The van der Waals surface area contributed by atoms with Gasteiger partial charge >= 0.3 is 0 Å². The summed E-state index contributed by atoms with van der Waals surface area (Å²) in [4.78, 5) is 87.8. The number of primary amides is 1. The van der Waals surface area contributed by atoms with Gasteiger partial charge in [-0.15, -0.1) is 0 Å². The molecule has 36 heavy (non-hydrogen) atoms. The van der Waals surface area contributed by atoms with Crippen molar-refractivity contribution in [2.45, 2.75) is 38.7 Å². The first kappa shape index (κ1) is 25.5. The van der Waals surface area contributed by atoms with Gasteiger partial charge in [-0.25, -0.2) is 0 Å². The van der Waals surface area contributed by atoms with Crippen molar-refractivity contribution in [1.82, 2.24) is 0 Å². The van der Waals surface area contributed by atoms with Gasteiger partial charge in [0.25, 0.3) is 0 Å². The van der Waals surface area contributed by atoms with E-state index in [-0.39, 0.29) is 34.8 Å². The highest BCUT2D eigenvalue weighted by atomic mass is 35.5. The van der Waals surface area contributed by atoms with Crippen molar-refractivity contribution in [2.24, 2.45) is 29.4 Å². The number of rotatable bonds is 3. The molecule has 5 atom stereocenters. The second-order valence-corrected chi connectivity index (χ2v) is 9.75. The zero-order chi connectivity index (χ0) is 26.9. The summed E-state index contributed by atoms with van der Waals surface area (Å²) in [6.07, 6.45) is -0.681. The zero-order valence-electron chi connectivity index (χ0n) is 19.1. The number of benzene rings is 1. The first-order chi connectivity index (χ1) is 16.7. The Balaban J connectivity index is 1.89. The lowest BCUT2D eigenvalue weighted by molar-refractivity contribution is -0.175. The van der Waals surface area contributed by atoms with Gasteiger partial charge in [0, 0.05) is 26.2 Å². The Morgan fingerprint density at radius 3 is 2.14 bits per heavy atom. The molecule has 0 bridgehead atoms. The molecule has 190 valence electrons. The molecule has 4 rings (SSSR count). The minimum Gasteiger partial charge on any atom is -0.505 e. The SMILES string of the molecule is CC(=O)Nc1c(O)c2c(c(NC(C)=O)c1Cl)C[C@H]1C[C@H]3CC(=O)C(C(N)=O)C(=O)[C@@]3(O)C(=O)C1C2=O. The average Bonchev–Trinajstić information content (AvgIpc) is 2.76. The Kier molecular flexibility index (Phi) is 6.00. The number of aliphatic hydroxyl groups is 1. The quantitative estimate of drug-likeness (QED) is 0.204. The number of amides is 3. The Morgan fingerprint density at radius 1 is 1.00 bits per heavy atom. The van der Waals surface area contributed by atoms with Crippen LogP contribution in [-0.2, 0) is 35.2 Å². The Labute approximate surface area is 208 Å². The number of hydrogen-bond acceptors (Lipinski definition) is 9. The van der Waals surface area contributed by atoms with Crippen LogP contribution in [0.2, 0.25) is 5.02 Å². The summed E-state index contributed by atoms with van der Waals surface area (Å²) in [5.74, 6) is -13.2. The van der Waals surface area contributed by atoms with Gasteiger partial charge in [0.1, 0.15) is 5.69 Å². The monoisotopic (exact) mass is 519 g/mol. The molecule has 0 aromatic heterocycles. The van der Waals surface area contributed by atoms with Gasteiger partial charge in [-0.05, 0) is 24.3 Å². The third-order valence-corrected chi connectivity index (χ3v) is 7.49. The topological polar surface area (TPSA) is 210 Å². The van der Waals surface area contributed by atoms with Gasteiger partial charge in [0.15, 0.2) is 40.4 Å². The third kappa shape index (κ3) is 3.51. The summed E-state index contributed by atoms with van der Waals surface area (Å²) in [5.41, 5.74) is 1.65. The first-order valence-corrected chi connectivity index (χ1v) is 11.4. The highest BCUT2D eigenvalue weighted by molar-refractivity contribution is 6.38. The molecule has 1 aromatic rings. The number of hydrogen-bond donors (Lipinski definition) is 5. The minimum absolute atomic E-state index is 0.0506. The van der Waals surface area contributed by atoms with Gasteiger partial charge in [-0.1, -0.05) is 11.6 Å². The van der Waals surface area contributed by atoms with Crippen molar-refractivity contribution in [3.8, 4) is 5.75 Å². The molecule has 2 saturated carbocycles. The molecular formula is C23H22ClN3O9. The van der Waals surface area contributed by atoms with Crippen LogP contribution >= 0.6 is 11.6 Å². The number of Topliss-reactive ketones (excluding diaryl/α,β-unsaturated/α-hetero) is 4. The minimum atomic E-state index is -2.79. The fourth-order valence-corrected chi connectivity index (χ4v) is 5.96. The van der Waals surface area contributed by atoms with Gasteiger partial charge in [0.2, 0.25) is 17.7 Å². The summed E-state index contributed by atoms with van der Waals surface area (Å²) < 4.78 is 0. The number of aromatic hydroxyl groups is 1. The molecule has 2 unspecified atom stereocenters. The highest BCUT2D eigenvalue weighted by Gasteiger charge is 2.66. The van der Waals surface area contributed by atoms with Crippen molar-refractivity contribution < 1.29 is 43.8 Å². The second kappa shape index (κ2) is 8.49. The normalized spacial score (nSPS) is 29.1. The number of carbonyl (C=O) groups excluding carboxylic acids is 7. The van der Waals surface area contributed by atoms with Crippen molar-refractivity contribution in [3.05, 3.63) is 16.1 Å². The smallest absolute Gasteiger partial charge is 0.235 e. The van der Waals surface area contributed by atoms with E-state index in [2.05, 4.69) is 10.6 Å². The lowest BCUT2D eigenvalue weighted by Gasteiger charge is -2.48. The molecule has 6 N–H and O–H groups in total. The maximum atomic E-state index is 13.6. The predicted octanol–water partition coefficient (Wildman–Crippen LogP) is -0.103. The van der Waals surface area contributed by atoms with E-state index in [1.54, 1.807) is 0 Å². The van der Waals surface area contributed by atoms with E-state index >= 15 is 0 Å². The Morgan fingerprint density at radius 2 is 1.58 bits per heavy atom. The van der Waals surface area contributed by atoms with E-state index in [4.69, 9.17) is 17.3 Å². The van der Waals surface area contributed by atoms with Crippen LogP contribution in [0.5, 0.6) is 5.75 Å². The van der Waals surface area contributed by atoms with Crippen LogP contribution < -0.4 is 16.4 Å². The molecule has 3 aliphatic carbocycles. The van der Waals surface area contributed by atoms with Gasteiger partial charge < -0.3 is 26.6 Å². The largest absolute Gasteiger partial charge is 0.505 e. The number of fused-ring (bicyclic) bond motifs is 3. The molecule has 13 heteroatoms. The molecule has 3 amide bonds. The molecule has 0 heterocycles. The molecule has 0 spiro atoms. The molecule has 12 nitrogen and oxygen atoms in total. The van der Waals surface area contributed by atoms with Crippen LogP contribution in [0, 0.1) is 23.7 Å². The Hall–Kier alpha value is -3.64. The molecule has 0 saturated heterocycles. The molecule has 2 fully saturated rings. The number of ketones is 4. The fourth-order valence-electron chi connectivity index (χ4n) is 5.67. The fraction of sp³-hybridized carbons (Fsp3) is 0.435. The van der Waals surface area contributed by atoms with E-state index in [0.29, 0.717) is 0 Å². The molecule has 1 aromatic carbocycles. The summed E-state index contributed by atoms with van der Waals surface area (Å²) in [7, 11) is 0. The van der Waals surface area contributed by atoms with Gasteiger partial charge in [-0.2, -0.15) is 0 Å².